The Morgan fingerprint density at radius 2 is 2.23 bits per heavy atom. The summed E-state index contributed by atoms with van der Waals surface area (Å²) < 4.78 is 5.31. The van der Waals surface area contributed by atoms with E-state index in [1.54, 1.807) is 0 Å². The van der Waals surface area contributed by atoms with Crippen LogP contribution in [0, 0.1) is 0 Å². The van der Waals surface area contributed by atoms with Crippen LogP contribution in [0.2, 0.25) is 0 Å². The SMILES string of the molecule is CN(CCC(C)(C)O)C1CCOC1. The van der Waals surface area contributed by atoms with Gasteiger partial charge in [0.25, 0.3) is 0 Å². The number of likely N-dealkylation sites (N-methyl/N-ethyl adjacent to an activating group) is 1. The fourth-order valence-electron chi connectivity index (χ4n) is 1.50. The lowest BCUT2D eigenvalue weighted by molar-refractivity contribution is 0.0541. The molecule has 0 aromatic carbocycles. The monoisotopic (exact) mass is 187 g/mol. The van der Waals surface area contributed by atoms with E-state index < -0.39 is 5.60 Å². The van der Waals surface area contributed by atoms with Gasteiger partial charge in [-0.25, -0.2) is 0 Å². The molecule has 0 saturated carbocycles. The molecule has 1 atom stereocenters. The average Bonchev–Trinajstić information content (AvgIpc) is 2.50. The summed E-state index contributed by atoms with van der Waals surface area (Å²) in [6.07, 6.45) is 1.95. The molecule has 3 heteroatoms. The third-order valence-corrected chi connectivity index (χ3v) is 2.61. The molecule has 1 saturated heterocycles. The molecule has 1 N–H and O–H groups in total. The van der Waals surface area contributed by atoms with Crippen LogP contribution in [0.25, 0.3) is 0 Å². The van der Waals surface area contributed by atoms with Crippen molar-refractivity contribution < 1.29 is 9.84 Å². The highest BCUT2D eigenvalue weighted by molar-refractivity contribution is 4.75. The zero-order valence-corrected chi connectivity index (χ0v) is 8.92. The van der Waals surface area contributed by atoms with E-state index in [2.05, 4.69) is 11.9 Å². The van der Waals surface area contributed by atoms with E-state index in [-0.39, 0.29) is 0 Å². The van der Waals surface area contributed by atoms with Crippen LogP contribution >= 0.6 is 0 Å². The van der Waals surface area contributed by atoms with Crippen LogP contribution in [0.15, 0.2) is 0 Å². The van der Waals surface area contributed by atoms with E-state index in [0.717, 1.165) is 32.6 Å². The summed E-state index contributed by atoms with van der Waals surface area (Å²) >= 11 is 0. The lowest BCUT2D eigenvalue weighted by atomic mass is 10.1. The maximum atomic E-state index is 9.55. The van der Waals surface area contributed by atoms with Gasteiger partial charge in [0.2, 0.25) is 0 Å². The Labute approximate surface area is 80.7 Å². The van der Waals surface area contributed by atoms with E-state index in [1.807, 2.05) is 13.8 Å². The van der Waals surface area contributed by atoms with Gasteiger partial charge in [0.05, 0.1) is 12.2 Å². The molecular weight excluding hydrogens is 166 g/mol. The van der Waals surface area contributed by atoms with Gasteiger partial charge in [0, 0.05) is 19.2 Å². The number of rotatable bonds is 4. The normalized spacial score (nSPS) is 24.2. The van der Waals surface area contributed by atoms with Crippen molar-refractivity contribution in [3.63, 3.8) is 0 Å². The molecule has 1 heterocycles. The van der Waals surface area contributed by atoms with Crippen molar-refractivity contribution in [2.45, 2.75) is 38.3 Å². The first-order valence-corrected chi connectivity index (χ1v) is 4.99. The molecule has 0 aromatic rings. The Morgan fingerprint density at radius 1 is 1.54 bits per heavy atom. The van der Waals surface area contributed by atoms with E-state index in [4.69, 9.17) is 4.74 Å². The zero-order chi connectivity index (χ0) is 9.90. The molecule has 0 aliphatic carbocycles. The molecule has 1 unspecified atom stereocenters. The minimum absolute atomic E-state index is 0.548. The van der Waals surface area contributed by atoms with Gasteiger partial charge in [0.1, 0.15) is 0 Å². The Kier molecular flexibility index (Phi) is 3.71. The Hall–Kier alpha value is -0.120. The van der Waals surface area contributed by atoms with Crippen LogP contribution in [-0.4, -0.2) is 48.5 Å². The van der Waals surface area contributed by atoms with Crippen molar-refractivity contribution in [1.82, 2.24) is 4.90 Å². The molecule has 1 aliphatic heterocycles. The van der Waals surface area contributed by atoms with Gasteiger partial charge < -0.3 is 14.7 Å². The van der Waals surface area contributed by atoms with Crippen molar-refractivity contribution in [2.24, 2.45) is 0 Å². The fraction of sp³-hybridized carbons (Fsp3) is 1.00. The Morgan fingerprint density at radius 3 is 2.69 bits per heavy atom. The van der Waals surface area contributed by atoms with Gasteiger partial charge in [-0.15, -0.1) is 0 Å². The molecule has 13 heavy (non-hydrogen) atoms. The van der Waals surface area contributed by atoms with Crippen molar-refractivity contribution in [1.29, 1.82) is 0 Å². The molecule has 78 valence electrons. The zero-order valence-electron chi connectivity index (χ0n) is 8.92. The van der Waals surface area contributed by atoms with Crippen molar-refractivity contribution in [3.05, 3.63) is 0 Å². The largest absolute Gasteiger partial charge is 0.390 e. The lowest BCUT2D eigenvalue weighted by Gasteiger charge is -2.26. The van der Waals surface area contributed by atoms with Gasteiger partial charge in [0.15, 0.2) is 0 Å². The second-order valence-electron chi connectivity index (χ2n) is 4.56. The van der Waals surface area contributed by atoms with Gasteiger partial charge in [-0.1, -0.05) is 0 Å². The molecule has 3 nitrogen and oxygen atoms in total. The van der Waals surface area contributed by atoms with Crippen LogP contribution in [0.3, 0.4) is 0 Å². The molecule has 0 amide bonds. The number of ether oxygens (including phenoxy) is 1. The number of hydrogen-bond acceptors (Lipinski definition) is 3. The van der Waals surface area contributed by atoms with Crippen LogP contribution in [0.4, 0.5) is 0 Å². The maximum absolute atomic E-state index is 9.55. The van der Waals surface area contributed by atoms with Gasteiger partial charge >= 0.3 is 0 Å². The van der Waals surface area contributed by atoms with Crippen molar-refractivity contribution >= 4 is 0 Å². The number of aliphatic hydroxyl groups is 1. The van der Waals surface area contributed by atoms with Gasteiger partial charge in [-0.05, 0) is 33.7 Å². The minimum atomic E-state index is -0.548. The molecular formula is C10H21NO2. The van der Waals surface area contributed by atoms with E-state index in [0.29, 0.717) is 6.04 Å². The van der Waals surface area contributed by atoms with E-state index in [1.165, 1.54) is 0 Å². The first-order valence-electron chi connectivity index (χ1n) is 4.99. The third kappa shape index (κ3) is 4.07. The first kappa shape index (κ1) is 11.0. The number of hydrogen-bond donors (Lipinski definition) is 1. The quantitative estimate of drug-likeness (QED) is 0.709. The second kappa shape index (κ2) is 4.40. The molecule has 0 aromatic heterocycles. The topological polar surface area (TPSA) is 32.7 Å². The molecule has 1 fully saturated rings. The summed E-state index contributed by atoms with van der Waals surface area (Å²) in [5, 5.41) is 9.55. The second-order valence-corrected chi connectivity index (χ2v) is 4.56. The standard InChI is InChI=1S/C10H21NO2/c1-10(2,12)5-6-11(3)9-4-7-13-8-9/h9,12H,4-8H2,1-3H3. The van der Waals surface area contributed by atoms with Crippen molar-refractivity contribution in [2.75, 3.05) is 26.8 Å². The smallest absolute Gasteiger partial charge is 0.0622 e. The molecule has 1 aliphatic rings. The van der Waals surface area contributed by atoms with Gasteiger partial charge in [-0.2, -0.15) is 0 Å². The molecule has 1 rings (SSSR count). The molecule has 0 bridgehead atoms. The highest BCUT2D eigenvalue weighted by Gasteiger charge is 2.21. The third-order valence-electron chi connectivity index (χ3n) is 2.61. The molecule has 0 radical (unpaired) electrons. The van der Waals surface area contributed by atoms with E-state index in [9.17, 15) is 5.11 Å². The average molecular weight is 187 g/mol. The predicted molar refractivity (Wildman–Crippen MR) is 52.8 cm³/mol. The van der Waals surface area contributed by atoms with Crippen LogP contribution in [0.5, 0.6) is 0 Å². The summed E-state index contributed by atoms with van der Waals surface area (Å²) in [5.41, 5.74) is -0.548. The van der Waals surface area contributed by atoms with E-state index >= 15 is 0 Å². The van der Waals surface area contributed by atoms with Crippen LogP contribution in [-0.2, 0) is 4.74 Å². The Balaban J connectivity index is 2.20. The highest BCUT2D eigenvalue weighted by Crippen LogP contribution is 2.13. The lowest BCUT2D eigenvalue weighted by Crippen LogP contribution is -2.36. The number of nitrogens with zero attached hydrogens (tertiary/aromatic N) is 1. The highest BCUT2D eigenvalue weighted by atomic mass is 16.5. The van der Waals surface area contributed by atoms with Crippen LogP contribution < -0.4 is 0 Å². The molecule has 0 spiro atoms. The predicted octanol–water partition coefficient (Wildman–Crippen LogP) is 0.868. The maximum Gasteiger partial charge on any atom is 0.0622 e. The van der Waals surface area contributed by atoms with Gasteiger partial charge in [-0.3, -0.25) is 0 Å². The summed E-state index contributed by atoms with van der Waals surface area (Å²) in [7, 11) is 2.10. The Bertz CT molecular complexity index is 147. The van der Waals surface area contributed by atoms with Crippen molar-refractivity contribution in [3.8, 4) is 0 Å². The summed E-state index contributed by atoms with van der Waals surface area (Å²) in [5.74, 6) is 0. The summed E-state index contributed by atoms with van der Waals surface area (Å²) in [4.78, 5) is 2.28. The van der Waals surface area contributed by atoms with Crippen LogP contribution in [0.1, 0.15) is 26.7 Å². The minimum Gasteiger partial charge on any atom is -0.390 e. The summed E-state index contributed by atoms with van der Waals surface area (Å²) in [6, 6.07) is 0.558. The first-order chi connectivity index (χ1) is 5.99. The summed E-state index contributed by atoms with van der Waals surface area (Å²) in [6.45, 7) is 6.38. The fourth-order valence-corrected chi connectivity index (χ4v) is 1.50.